The molecule has 1 aliphatic rings. The summed E-state index contributed by atoms with van der Waals surface area (Å²) in [6.07, 6.45) is 8.07. The average molecular weight is 184 g/mol. The van der Waals surface area contributed by atoms with E-state index in [1.807, 2.05) is 0 Å². The lowest BCUT2D eigenvalue weighted by atomic mass is 9.76. The molecule has 0 saturated heterocycles. The Balaban J connectivity index is 2.50. The van der Waals surface area contributed by atoms with E-state index in [0.717, 1.165) is 11.8 Å². The van der Waals surface area contributed by atoms with Crippen molar-refractivity contribution in [2.24, 2.45) is 17.8 Å². The van der Waals surface area contributed by atoms with Crippen LogP contribution in [0.3, 0.4) is 0 Å². The fourth-order valence-corrected chi connectivity index (χ4v) is 2.69. The summed E-state index contributed by atoms with van der Waals surface area (Å²) >= 11 is 0. The molecule has 1 N–H and O–H groups in total. The highest BCUT2D eigenvalue weighted by Gasteiger charge is 2.24. The number of rotatable bonds is 2. The molecule has 0 heterocycles. The van der Waals surface area contributed by atoms with Crippen molar-refractivity contribution in [2.75, 3.05) is 6.61 Å². The number of hydrogen-bond acceptors (Lipinski definition) is 1. The second-order valence-electron chi connectivity index (χ2n) is 4.84. The molecule has 0 amide bonds. The van der Waals surface area contributed by atoms with E-state index < -0.39 is 0 Å². The zero-order valence-electron chi connectivity index (χ0n) is 9.13. The predicted octanol–water partition coefficient (Wildman–Crippen LogP) is 3.22. The Labute approximate surface area is 82.5 Å². The van der Waals surface area contributed by atoms with Crippen LogP contribution in [0.5, 0.6) is 0 Å². The first-order valence-corrected chi connectivity index (χ1v) is 5.86. The zero-order chi connectivity index (χ0) is 9.68. The SMILES string of the molecule is CC(C)[C@H]1CCCCCC[C@@H]1CO. The molecule has 0 bridgehead atoms. The average Bonchev–Trinajstić information content (AvgIpc) is 2.03. The summed E-state index contributed by atoms with van der Waals surface area (Å²) in [5.74, 6) is 2.10. The summed E-state index contributed by atoms with van der Waals surface area (Å²) in [5, 5.41) is 9.33. The van der Waals surface area contributed by atoms with E-state index in [1.54, 1.807) is 0 Å². The summed E-state index contributed by atoms with van der Waals surface area (Å²) in [6, 6.07) is 0. The van der Waals surface area contributed by atoms with Crippen LogP contribution in [-0.2, 0) is 0 Å². The fourth-order valence-electron chi connectivity index (χ4n) is 2.69. The van der Waals surface area contributed by atoms with Gasteiger partial charge in [0.25, 0.3) is 0 Å². The maximum absolute atomic E-state index is 9.33. The molecule has 0 aromatic heterocycles. The Hall–Kier alpha value is -0.0400. The number of aliphatic hydroxyl groups excluding tert-OH is 1. The molecule has 1 nitrogen and oxygen atoms in total. The molecule has 2 atom stereocenters. The molecule has 1 fully saturated rings. The van der Waals surface area contributed by atoms with Gasteiger partial charge in [-0.25, -0.2) is 0 Å². The van der Waals surface area contributed by atoms with Crippen molar-refractivity contribution in [1.29, 1.82) is 0 Å². The van der Waals surface area contributed by atoms with Crippen LogP contribution in [0.25, 0.3) is 0 Å². The summed E-state index contributed by atoms with van der Waals surface area (Å²) in [4.78, 5) is 0. The molecular weight excluding hydrogens is 160 g/mol. The molecule has 0 aromatic carbocycles. The van der Waals surface area contributed by atoms with E-state index in [2.05, 4.69) is 13.8 Å². The molecule has 1 saturated carbocycles. The third kappa shape index (κ3) is 3.30. The largest absolute Gasteiger partial charge is 0.396 e. The number of aliphatic hydroxyl groups is 1. The van der Waals surface area contributed by atoms with Crippen LogP contribution in [0.15, 0.2) is 0 Å². The Morgan fingerprint density at radius 2 is 1.69 bits per heavy atom. The van der Waals surface area contributed by atoms with Crippen molar-refractivity contribution >= 4 is 0 Å². The smallest absolute Gasteiger partial charge is 0.0462 e. The predicted molar refractivity (Wildman–Crippen MR) is 56.6 cm³/mol. The van der Waals surface area contributed by atoms with Gasteiger partial charge in [0.2, 0.25) is 0 Å². The van der Waals surface area contributed by atoms with E-state index in [1.165, 1.54) is 38.5 Å². The third-order valence-corrected chi connectivity index (χ3v) is 3.56. The zero-order valence-corrected chi connectivity index (χ0v) is 9.13. The second kappa shape index (κ2) is 5.64. The first kappa shape index (κ1) is 11.0. The maximum Gasteiger partial charge on any atom is 0.0462 e. The van der Waals surface area contributed by atoms with Crippen molar-refractivity contribution in [3.63, 3.8) is 0 Å². The van der Waals surface area contributed by atoms with Gasteiger partial charge < -0.3 is 5.11 Å². The molecule has 1 rings (SSSR count). The lowest BCUT2D eigenvalue weighted by Gasteiger charge is -2.30. The summed E-state index contributed by atoms with van der Waals surface area (Å²) in [7, 11) is 0. The lowest BCUT2D eigenvalue weighted by molar-refractivity contribution is 0.120. The van der Waals surface area contributed by atoms with Crippen molar-refractivity contribution in [3.05, 3.63) is 0 Å². The van der Waals surface area contributed by atoms with Crippen LogP contribution in [0.1, 0.15) is 52.4 Å². The van der Waals surface area contributed by atoms with Crippen molar-refractivity contribution in [1.82, 2.24) is 0 Å². The second-order valence-corrected chi connectivity index (χ2v) is 4.84. The highest BCUT2D eigenvalue weighted by molar-refractivity contribution is 4.74. The minimum atomic E-state index is 0.406. The number of hydrogen-bond donors (Lipinski definition) is 1. The van der Waals surface area contributed by atoms with Crippen LogP contribution in [-0.4, -0.2) is 11.7 Å². The Bertz CT molecular complexity index is 131. The first-order valence-electron chi connectivity index (χ1n) is 5.86. The van der Waals surface area contributed by atoms with Crippen molar-refractivity contribution in [2.45, 2.75) is 52.4 Å². The quantitative estimate of drug-likeness (QED) is 0.698. The van der Waals surface area contributed by atoms with E-state index in [9.17, 15) is 5.11 Å². The van der Waals surface area contributed by atoms with Crippen LogP contribution in [0.4, 0.5) is 0 Å². The molecule has 0 radical (unpaired) electrons. The van der Waals surface area contributed by atoms with Gasteiger partial charge in [0.05, 0.1) is 0 Å². The molecule has 0 aromatic rings. The minimum absolute atomic E-state index is 0.406. The molecule has 0 aliphatic heterocycles. The molecule has 78 valence electrons. The molecule has 1 aliphatic carbocycles. The fraction of sp³-hybridized carbons (Fsp3) is 1.00. The molecule has 0 unspecified atom stereocenters. The van der Waals surface area contributed by atoms with Gasteiger partial charge in [-0.3, -0.25) is 0 Å². The minimum Gasteiger partial charge on any atom is -0.396 e. The molecule has 13 heavy (non-hydrogen) atoms. The van der Waals surface area contributed by atoms with Gasteiger partial charge in [0.1, 0.15) is 0 Å². The van der Waals surface area contributed by atoms with E-state index in [-0.39, 0.29) is 0 Å². The molecular formula is C12H24O. The van der Waals surface area contributed by atoms with E-state index in [0.29, 0.717) is 12.5 Å². The van der Waals surface area contributed by atoms with Gasteiger partial charge >= 0.3 is 0 Å². The lowest BCUT2D eigenvalue weighted by Crippen LogP contribution is -2.24. The van der Waals surface area contributed by atoms with Gasteiger partial charge in [-0.2, -0.15) is 0 Å². The highest BCUT2D eigenvalue weighted by atomic mass is 16.3. The van der Waals surface area contributed by atoms with Gasteiger partial charge in [-0.1, -0.05) is 39.5 Å². The van der Waals surface area contributed by atoms with E-state index in [4.69, 9.17) is 0 Å². The van der Waals surface area contributed by atoms with Gasteiger partial charge in [-0.15, -0.1) is 0 Å². The van der Waals surface area contributed by atoms with Crippen LogP contribution in [0, 0.1) is 17.8 Å². The Morgan fingerprint density at radius 1 is 1.08 bits per heavy atom. The van der Waals surface area contributed by atoms with Gasteiger partial charge in [0.15, 0.2) is 0 Å². The van der Waals surface area contributed by atoms with E-state index >= 15 is 0 Å². The summed E-state index contributed by atoms with van der Waals surface area (Å²) in [6.45, 7) is 5.01. The van der Waals surface area contributed by atoms with Gasteiger partial charge in [0, 0.05) is 6.61 Å². The maximum atomic E-state index is 9.33. The molecule has 1 heteroatoms. The van der Waals surface area contributed by atoms with Gasteiger partial charge in [-0.05, 0) is 30.6 Å². The van der Waals surface area contributed by atoms with Crippen LogP contribution in [0.2, 0.25) is 0 Å². The normalized spacial score (nSPS) is 31.4. The standard InChI is InChI=1S/C12H24O/c1-10(2)12-8-6-4-3-5-7-11(12)9-13/h10-13H,3-9H2,1-2H3/t11-,12-/m1/s1. The topological polar surface area (TPSA) is 20.2 Å². The summed E-state index contributed by atoms with van der Waals surface area (Å²) in [5.41, 5.74) is 0. The third-order valence-electron chi connectivity index (χ3n) is 3.56. The summed E-state index contributed by atoms with van der Waals surface area (Å²) < 4.78 is 0. The first-order chi connectivity index (χ1) is 6.25. The van der Waals surface area contributed by atoms with Crippen LogP contribution < -0.4 is 0 Å². The Morgan fingerprint density at radius 3 is 2.23 bits per heavy atom. The van der Waals surface area contributed by atoms with Crippen molar-refractivity contribution < 1.29 is 5.11 Å². The Kier molecular flexibility index (Phi) is 4.79. The van der Waals surface area contributed by atoms with Crippen molar-refractivity contribution in [3.8, 4) is 0 Å². The molecule has 0 spiro atoms. The monoisotopic (exact) mass is 184 g/mol. The van der Waals surface area contributed by atoms with Crippen LogP contribution >= 0.6 is 0 Å². The highest BCUT2D eigenvalue weighted by Crippen LogP contribution is 2.32.